The first kappa shape index (κ1) is 20.3. The lowest BCUT2D eigenvalue weighted by Crippen LogP contribution is -2.17. The molecular weight excluding hydrogens is 364 g/mol. The number of amides is 1. The molecule has 0 heterocycles. The number of carbonyl (C=O) groups is 1. The highest BCUT2D eigenvalue weighted by Crippen LogP contribution is 2.25. The predicted octanol–water partition coefficient (Wildman–Crippen LogP) is 5.71. The number of rotatable bonds is 9. The molecule has 3 aromatic rings. The minimum atomic E-state index is -0.0682. The van der Waals surface area contributed by atoms with Crippen LogP contribution in [0.5, 0.6) is 17.2 Å². The maximum atomic E-state index is 12.3. The van der Waals surface area contributed by atoms with Crippen LogP contribution in [0.4, 0.5) is 11.4 Å². The summed E-state index contributed by atoms with van der Waals surface area (Å²) in [6.45, 7) is 4.44. The number of anilines is 2. The zero-order chi connectivity index (χ0) is 20.5. The van der Waals surface area contributed by atoms with Crippen molar-refractivity contribution in [3.05, 3.63) is 78.9 Å². The highest BCUT2D eigenvalue weighted by Gasteiger charge is 2.08. The van der Waals surface area contributed by atoms with Crippen molar-refractivity contribution in [2.75, 3.05) is 17.2 Å². The lowest BCUT2D eigenvalue weighted by Gasteiger charge is -2.15. The van der Waals surface area contributed by atoms with Crippen LogP contribution in [0.15, 0.2) is 78.9 Å². The van der Waals surface area contributed by atoms with Crippen LogP contribution < -0.4 is 20.1 Å². The van der Waals surface area contributed by atoms with E-state index in [9.17, 15) is 4.79 Å². The molecule has 150 valence electrons. The number of carbonyl (C=O) groups excluding carboxylic acids is 1. The SMILES string of the molecule is CC(C)Oc1ccccc1NC(=O)CCNc1ccc(Oc2ccccc2)cc1. The topological polar surface area (TPSA) is 59.6 Å². The van der Waals surface area contributed by atoms with Gasteiger partial charge in [0.15, 0.2) is 0 Å². The molecule has 0 radical (unpaired) electrons. The van der Waals surface area contributed by atoms with Crippen LogP contribution in [0.3, 0.4) is 0 Å². The van der Waals surface area contributed by atoms with Gasteiger partial charge in [-0.15, -0.1) is 0 Å². The zero-order valence-electron chi connectivity index (χ0n) is 16.7. The number of para-hydroxylation sites is 3. The maximum Gasteiger partial charge on any atom is 0.226 e. The van der Waals surface area contributed by atoms with E-state index in [-0.39, 0.29) is 12.0 Å². The standard InChI is InChI=1S/C24H26N2O3/c1-18(2)28-23-11-7-6-10-22(23)26-24(27)16-17-25-19-12-14-21(15-13-19)29-20-8-4-3-5-9-20/h3-15,18,25H,16-17H2,1-2H3,(H,26,27). The average molecular weight is 390 g/mol. The molecule has 0 unspecified atom stereocenters. The quantitative estimate of drug-likeness (QED) is 0.491. The van der Waals surface area contributed by atoms with Crippen LogP contribution in [-0.2, 0) is 4.79 Å². The minimum Gasteiger partial charge on any atom is -0.489 e. The molecule has 0 saturated carbocycles. The Balaban J connectivity index is 1.46. The Labute approximate surface area is 171 Å². The van der Waals surface area contributed by atoms with Gasteiger partial charge in [-0.1, -0.05) is 30.3 Å². The molecule has 0 aliphatic heterocycles. The maximum absolute atomic E-state index is 12.3. The number of hydrogen-bond acceptors (Lipinski definition) is 4. The summed E-state index contributed by atoms with van der Waals surface area (Å²) in [5.74, 6) is 2.17. The number of hydrogen-bond donors (Lipinski definition) is 2. The van der Waals surface area contributed by atoms with E-state index in [1.165, 1.54) is 0 Å². The van der Waals surface area contributed by atoms with Gasteiger partial charge in [0.05, 0.1) is 11.8 Å². The molecule has 0 spiro atoms. The summed E-state index contributed by atoms with van der Waals surface area (Å²) in [6.07, 6.45) is 0.390. The van der Waals surface area contributed by atoms with Crippen molar-refractivity contribution in [1.82, 2.24) is 0 Å². The Morgan fingerprint density at radius 3 is 2.24 bits per heavy atom. The number of ether oxygens (including phenoxy) is 2. The fraction of sp³-hybridized carbons (Fsp3) is 0.208. The summed E-state index contributed by atoms with van der Waals surface area (Å²) < 4.78 is 11.5. The summed E-state index contributed by atoms with van der Waals surface area (Å²) in [6, 6.07) is 24.8. The van der Waals surface area contributed by atoms with Gasteiger partial charge in [0.2, 0.25) is 5.91 Å². The van der Waals surface area contributed by atoms with Crippen LogP contribution in [-0.4, -0.2) is 18.6 Å². The second-order valence-electron chi connectivity index (χ2n) is 6.83. The Kier molecular flexibility index (Phi) is 7.11. The molecule has 0 atom stereocenters. The normalized spacial score (nSPS) is 10.4. The fourth-order valence-corrected chi connectivity index (χ4v) is 2.73. The van der Waals surface area contributed by atoms with Gasteiger partial charge in [-0.05, 0) is 62.4 Å². The molecule has 0 saturated heterocycles. The van der Waals surface area contributed by atoms with Gasteiger partial charge < -0.3 is 20.1 Å². The van der Waals surface area contributed by atoms with Crippen molar-refractivity contribution in [3.8, 4) is 17.2 Å². The van der Waals surface area contributed by atoms with Gasteiger partial charge in [-0.3, -0.25) is 4.79 Å². The molecule has 3 rings (SSSR count). The van der Waals surface area contributed by atoms with E-state index in [4.69, 9.17) is 9.47 Å². The molecule has 0 aliphatic carbocycles. The summed E-state index contributed by atoms with van der Waals surface area (Å²) in [4.78, 5) is 12.3. The largest absolute Gasteiger partial charge is 0.489 e. The molecule has 5 heteroatoms. The highest BCUT2D eigenvalue weighted by atomic mass is 16.5. The van der Waals surface area contributed by atoms with E-state index in [0.717, 1.165) is 17.2 Å². The molecular formula is C24H26N2O3. The molecule has 29 heavy (non-hydrogen) atoms. The Hall–Kier alpha value is -3.47. The molecule has 1 amide bonds. The third-order valence-electron chi connectivity index (χ3n) is 4.04. The van der Waals surface area contributed by atoms with Gasteiger partial charge in [0.25, 0.3) is 0 Å². The van der Waals surface area contributed by atoms with E-state index < -0.39 is 0 Å². The van der Waals surface area contributed by atoms with E-state index >= 15 is 0 Å². The molecule has 0 aliphatic rings. The fourth-order valence-electron chi connectivity index (χ4n) is 2.73. The number of benzene rings is 3. The molecule has 3 aromatic carbocycles. The molecule has 0 fully saturated rings. The lowest BCUT2D eigenvalue weighted by molar-refractivity contribution is -0.116. The van der Waals surface area contributed by atoms with Crippen molar-refractivity contribution < 1.29 is 14.3 Å². The van der Waals surface area contributed by atoms with Crippen molar-refractivity contribution in [2.45, 2.75) is 26.4 Å². The Morgan fingerprint density at radius 1 is 0.862 bits per heavy atom. The minimum absolute atomic E-state index is 0.0450. The summed E-state index contributed by atoms with van der Waals surface area (Å²) in [5.41, 5.74) is 1.62. The van der Waals surface area contributed by atoms with Gasteiger partial charge in [-0.2, -0.15) is 0 Å². The van der Waals surface area contributed by atoms with Crippen molar-refractivity contribution in [3.63, 3.8) is 0 Å². The third-order valence-corrected chi connectivity index (χ3v) is 4.04. The van der Waals surface area contributed by atoms with E-state index in [0.29, 0.717) is 24.4 Å². The predicted molar refractivity (Wildman–Crippen MR) is 117 cm³/mol. The van der Waals surface area contributed by atoms with Gasteiger partial charge in [0, 0.05) is 18.7 Å². The average Bonchev–Trinajstić information content (AvgIpc) is 2.71. The molecule has 2 N–H and O–H groups in total. The van der Waals surface area contributed by atoms with Crippen molar-refractivity contribution in [2.24, 2.45) is 0 Å². The highest BCUT2D eigenvalue weighted by molar-refractivity contribution is 5.92. The van der Waals surface area contributed by atoms with E-state index in [1.54, 1.807) is 0 Å². The second kappa shape index (κ2) is 10.2. The van der Waals surface area contributed by atoms with Crippen LogP contribution >= 0.6 is 0 Å². The van der Waals surface area contributed by atoms with Gasteiger partial charge in [-0.25, -0.2) is 0 Å². The summed E-state index contributed by atoms with van der Waals surface area (Å²) >= 11 is 0. The zero-order valence-corrected chi connectivity index (χ0v) is 16.7. The lowest BCUT2D eigenvalue weighted by atomic mass is 10.2. The third kappa shape index (κ3) is 6.57. The molecule has 0 aromatic heterocycles. The number of nitrogens with one attached hydrogen (secondary N) is 2. The first-order chi connectivity index (χ1) is 14.1. The van der Waals surface area contributed by atoms with Crippen LogP contribution in [0.2, 0.25) is 0 Å². The van der Waals surface area contributed by atoms with Gasteiger partial charge in [0.1, 0.15) is 17.2 Å². The Bertz CT molecular complexity index is 909. The van der Waals surface area contributed by atoms with E-state index in [2.05, 4.69) is 10.6 Å². The van der Waals surface area contributed by atoms with Crippen LogP contribution in [0.25, 0.3) is 0 Å². The molecule has 5 nitrogen and oxygen atoms in total. The van der Waals surface area contributed by atoms with Crippen LogP contribution in [0, 0.1) is 0 Å². The smallest absolute Gasteiger partial charge is 0.226 e. The Morgan fingerprint density at radius 2 is 1.52 bits per heavy atom. The van der Waals surface area contributed by atoms with E-state index in [1.807, 2.05) is 92.7 Å². The van der Waals surface area contributed by atoms with Crippen molar-refractivity contribution in [1.29, 1.82) is 0 Å². The summed E-state index contributed by atoms with van der Waals surface area (Å²) in [7, 11) is 0. The monoisotopic (exact) mass is 390 g/mol. The molecule has 0 bridgehead atoms. The summed E-state index contributed by atoms with van der Waals surface area (Å²) in [5, 5.41) is 6.17. The van der Waals surface area contributed by atoms with Crippen LogP contribution in [0.1, 0.15) is 20.3 Å². The first-order valence-electron chi connectivity index (χ1n) is 9.72. The van der Waals surface area contributed by atoms with Gasteiger partial charge >= 0.3 is 0 Å². The first-order valence-corrected chi connectivity index (χ1v) is 9.72. The second-order valence-corrected chi connectivity index (χ2v) is 6.83. The van der Waals surface area contributed by atoms with Crippen molar-refractivity contribution >= 4 is 17.3 Å².